The van der Waals surface area contributed by atoms with E-state index in [2.05, 4.69) is 38.1 Å². The molecule has 0 fully saturated rings. The van der Waals surface area contributed by atoms with Gasteiger partial charge >= 0.3 is 0 Å². The van der Waals surface area contributed by atoms with Gasteiger partial charge in [0.05, 0.1) is 11.6 Å². The summed E-state index contributed by atoms with van der Waals surface area (Å²) in [7, 11) is 0. The summed E-state index contributed by atoms with van der Waals surface area (Å²) in [5, 5.41) is -0.00944. The number of hydrogen-bond acceptors (Lipinski definition) is 1. The van der Waals surface area contributed by atoms with Crippen LogP contribution in [0.3, 0.4) is 0 Å². The van der Waals surface area contributed by atoms with Crippen LogP contribution in [0.2, 0.25) is 0 Å². The average Bonchev–Trinajstić information content (AvgIpc) is 2.80. The van der Waals surface area contributed by atoms with Gasteiger partial charge in [-0.15, -0.1) is 11.6 Å². The van der Waals surface area contributed by atoms with E-state index in [1.54, 1.807) is 6.26 Å². The number of benzene rings is 1. The summed E-state index contributed by atoms with van der Waals surface area (Å²) in [6.07, 6.45) is 3.46. The first kappa shape index (κ1) is 12.3. The highest BCUT2D eigenvalue weighted by atomic mass is 35.5. The molecule has 0 N–H and O–H groups in total. The van der Waals surface area contributed by atoms with Crippen molar-refractivity contribution in [3.05, 3.63) is 59.0 Å². The third kappa shape index (κ3) is 2.73. The van der Waals surface area contributed by atoms with Crippen molar-refractivity contribution >= 4 is 11.6 Å². The van der Waals surface area contributed by atoms with Gasteiger partial charge in [-0.3, -0.25) is 0 Å². The second-order valence-corrected chi connectivity index (χ2v) is 4.78. The first-order valence-corrected chi connectivity index (χ1v) is 6.40. The first-order valence-electron chi connectivity index (χ1n) is 5.97. The van der Waals surface area contributed by atoms with E-state index >= 15 is 0 Å². The highest BCUT2D eigenvalue weighted by Gasteiger charge is 2.15. The molecule has 0 saturated heterocycles. The smallest absolute Gasteiger partial charge is 0.108 e. The fraction of sp³-hybridized carbons (Fsp3) is 0.333. The lowest BCUT2D eigenvalue weighted by atomic mass is 10.00. The molecule has 0 amide bonds. The standard InChI is InChI=1S/C15H17ClO/c1-3-15-13(8-9-17-15)14(16)10-12-7-5-4-6-11(12)2/h4-9,14H,3,10H2,1-2H3. The SMILES string of the molecule is CCc1occc1C(Cl)Cc1ccccc1C. The van der Waals surface area contributed by atoms with Crippen LogP contribution in [0, 0.1) is 6.92 Å². The topological polar surface area (TPSA) is 13.1 Å². The van der Waals surface area contributed by atoms with Crippen LogP contribution in [-0.2, 0) is 12.8 Å². The van der Waals surface area contributed by atoms with Crippen LogP contribution in [-0.4, -0.2) is 0 Å². The van der Waals surface area contributed by atoms with Gasteiger partial charge in [-0.1, -0.05) is 31.2 Å². The summed E-state index contributed by atoms with van der Waals surface area (Å²) in [6, 6.07) is 10.3. The molecule has 2 rings (SSSR count). The predicted octanol–water partition coefficient (Wildman–Crippen LogP) is 4.67. The van der Waals surface area contributed by atoms with Crippen LogP contribution in [0.15, 0.2) is 41.0 Å². The number of rotatable bonds is 4. The van der Waals surface area contributed by atoms with E-state index in [1.807, 2.05) is 6.07 Å². The van der Waals surface area contributed by atoms with Crippen LogP contribution in [0.25, 0.3) is 0 Å². The molecular formula is C15H17ClO. The van der Waals surface area contributed by atoms with Crippen LogP contribution in [0.1, 0.15) is 34.8 Å². The number of aryl methyl sites for hydroxylation is 2. The molecule has 0 aliphatic heterocycles. The molecule has 1 heterocycles. The van der Waals surface area contributed by atoms with Gasteiger partial charge in [-0.25, -0.2) is 0 Å². The quantitative estimate of drug-likeness (QED) is 0.717. The number of alkyl halides is 1. The van der Waals surface area contributed by atoms with E-state index < -0.39 is 0 Å². The average molecular weight is 249 g/mol. The van der Waals surface area contributed by atoms with E-state index in [-0.39, 0.29) is 5.38 Å². The molecule has 0 radical (unpaired) electrons. The van der Waals surface area contributed by atoms with E-state index in [1.165, 1.54) is 11.1 Å². The van der Waals surface area contributed by atoms with Crippen molar-refractivity contribution in [1.82, 2.24) is 0 Å². The lowest BCUT2D eigenvalue weighted by Crippen LogP contribution is -1.99. The molecule has 0 aliphatic carbocycles. The Kier molecular flexibility index (Phi) is 3.90. The summed E-state index contributed by atoms with van der Waals surface area (Å²) >= 11 is 6.48. The van der Waals surface area contributed by atoms with Gasteiger partial charge in [0.2, 0.25) is 0 Å². The summed E-state index contributed by atoms with van der Waals surface area (Å²) in [6.45, 7) is 4.20. The van der Waals surface area contributed by atoms with E-state index in [0.717, 1.165) is 24.2 Å². The van der Waals surface area contributed by atoms with E-state index in [9.17, 15) is 0 Å². The fourth-order valence-electron chi connectivity index (χ4n) is 2.06. The Labute approximate surface area is 107 Å². The Balaban J connectivity index is 2.17. The van der Waals surface area contributed by atoms with Crippen molar-refractivity contribution in [3.8, 4) is 0 Å². The molecule has 1 atom stereocenters. The van der Waals surface area contributed by atoms with Gasteiger partial charge in [0, 0.05) is 12.0 Å². The Morgan fingerprint density at radius 2 is 2.00 bits per heavy atom. The van der Waals surface area contributed by atoms with Crippen molar-refractivity contribution in [3.63, 3.8) is 0 Å². The van der Waals surface area contributed by atoms with Gasteiger partial charge in [0.25, 0.3) is 0 Å². The Morgan fingerprint density at radius 1 is 1.24 bits per heavy atom. The second-order valence-electron chi connectivity index (χ2n) is 4.25. The molecule has 2 aromatic rings. The molecular weight excluding hydrogens is 232 g/mol. The zero-order valence-electron chi connectivity index (χ0n) is 10.2. The minimum Gasteiger partial charge on any atom is -0.469 e. The molecule has 1 unspecified atom stereocenters. The van der Waals surface area contributed by atoms with Crippen LogP contribution in [0.4, 0.5) is 0 Å². The molecule has 0 bridgehead atoms. The highest BCUT2D eigenvalue weighted by molar-refractivity contribution is 6.21. The highest BCUT2D eigenvalue weighted by Crippen LogP contribution is 2.29. The third-order valence-corrected chi connectivity index (χ3v) is 3.49. The number of halogens is 1. The predicted molar refractivity (Wildman–Crippen MR) is 71.6 cm³/mol. The molecule has 1 aromatic heterocycles. The summed E-state index contributed by atoms with van der Waals surface area (Å²) < 4.78 is 5.42. The van der Waals surface area contributed by atoms with Crippen molar-refractivity contribution in [1.29, 1.82) is 0 Å². The van der Waals surface area contributed by atoms with Crippen molar-refractivity contribution in [2.24, 2.45) is 0 Å². The molecule has 2 heteroatoms. The molecule has 0 aliphatic rings. The molecule has 0 saturated carbocycles. The van der Waals surface area contributed by atoms with Crippen LogP contribution >= 0.6 is 11.6 Å². The zero-order chi connectivity index (χ0) is 12.3. The van der Waals surface area contributed by atoms with Gasteiger partial charge in [0.1, 0.15) is 5.76 Å². The summed E-state index contributed by atoms with van der Waals surface area (Å²) in [5.74, 6) is 0.999. The normalized spacial score (nSPS) is 12.6. The van der Waals surface area contributed by atoms with Gasteiger partial charge in [-0.2, -0.15) is 0 Å². The second kappa shape index (κ2) is 5.42. The number of hydrogen-bond donors (Lipinski definition) is 0. The first-order chi connectivity index (χ1) is 8.22. The molecule has 0 spiro atoms. The minimum absolute atomic E-state index is 0.00944. The van der Waals surface area contributed by atoms with Crippen LogP contribution < -0.4 is 0 Å². The number of furan rings is 1. The van der Waals surface area contributed by atoms with Gasteiger partial charge in [-0.05, 0) is 30.5 Å². The molecule has 90 valence electrons. The lowest BCUT2D eigenvalue weighted by molar-refractivity contribution is 0.510. The zero-order valence-corrected chi connectivity index (χ0v) is 11.0. The molecule has 1 nitrogen and oxygen atoms in total. The maximum Gasteiger partial charge on any atom is 0.108 e. The van der Waals surface area contributed by atoms with Crippen molar-refractivity contribution in [2.45, 2.75) is 32.1 Å². The minimum atomic E-state index is -0.00944. The fourth-order valence-corrected chi connectivity index (χ4v) is 2.42. The monoisotopic (exact) mass is 248 g/mol. The summed E-state index contributed by atoms with van der Waals surface area (Å²) in [5.41, 5.74) is 3.72. The Hall–Kier alpha value is -1.21. The Morgan fingerprint density at radius 3 is 2.71 bits per heavy atom. The maximum absolute atomic E-state index is 6.48. The largest absolute Gasteiger partial charge is 0.469 e. The maximum atomic E-state index is 6.48. The third-order valence-electron chi connectivity index (χ3n) is 3.10. The van der Waals surface area contributed by atoms with Gasteiger partial charge in [0.15, 0.2) is 0 Å². The molecule has 1 aromatic carbocycles. The lowest BCUT2D eigenvalue weighted by Gasteiger charge is -2.11. The summed E-state index contributed by atoms with van der Waals surface area (Å²) in [4.78, 5) is 0. The van der Waals surface area contributed by atoms with Crippen molar-refractivity contribution in [2.75, 3.05) is 0 Å². The van der Waals surface area contributed by atoms with Gasteiger partial charge < -0.3 is 4.42 Å². The van der Waals surface area contributed by atoms with E-state index in [4.69, 9.17) is 16.0 Å². The van der Waals surface area contributed by atoms with E-state index in [0.29, 0.717) is 0 Å². The van der Waals surface area contributed by atoms with Crippen LogP contribution in [0.5, 0.6) is 0 Å². The van der Waals surface area contributed by atoms with Crippen molar-refractivity contribution < 1.29 is 4.42 Å². The molecule has 17 heavy (non-hydrogen) atoms. The Bertz CT molecular complexity index is 487.